The molecular weight excluding hydrogens is 180 g/mol. The van der Waals surface area contributed by atoms with E-state index in [1.807, 2.05) is 0 Å². The molecule has 1 unspecified atom stereocenters. The van der Waals surface area contributed by atoms with Crippen LogP contribution in [0.2, 0.25) is 0 Å². The van der Waals surface area contributed by atoms with E-state index in [1.54, 1.807) is 6.92 Å². The van der Waals surface area contributed by atoms with Crippen molar-refractivity contribution >= 4 is 5.97 Å². The van der Waals surface area contributed by atoms with Crippen LogP contribution in [0.1, 0.15) is 13.8 Å². The normalized spacial score (nSPS) is 13.7. The summed E-state index contributed by atoms with van der Waals surface area (Å²) in [4.78, 5) is 11.9. The van der Waals surface area contributed by atoms with Crippen molar-refractivity contribution in [3.63, 3.8) is 0 Å². The van der Waals surface area contributed by atoms with Gasteiger partial charge < -0.3 is 5.11 Å². The lowest BCUT2D eigenvalue weighted by Crippen LogP contribution is -2.35. The van der Waals surface area contributed by atoms with E-state index in [2.05, 4.69) is 0 Å². The number of aliphatic carboxylic acids is 1. The molecule has 0 aliphatic rings. The van der Waals surface area contributed by atoms with Crippen molar-refractivity contribution in [2.45, 2.75) is 20.3 Å². The van der Waals surface area contributed by atoms with Gasteiger partial charge in [0.1, 0.15) is 0 Å². The van der Waals surface area contributed by atoms with Crippen molar-refractivity contribution in [2.24, 2.45) is 5.92 Å². The van der Waals surface area contributed by atoms with Gasteiger partial charge >= 0.3 is 5.97 Å². The molecular formula is C8H15F2NO2. The largest absolute Gasteiger partial charge is 0.481 e. The van der Waals surface area contributed by atoms with Gasteiger partial charge in [-0.15, -0.1) is 0 Å². The van der Waals surface area contributed by atoms with Crippen LogP contribution >= 0.6 is 0 Å². The van der Waals surface area contributed by atoms with E-state index in [0.717, 1.165) is 0 Å². The molecule has 13 heavy (non-hydrogen) atoms. The molecule has 5 heteroatoms. The molecule has 0 saturated carbocycles. The first kappa shape index (κ1) is 12.3. The van der Waals surface area contributed by atoms with Crippen LogP contribution in [0.4, 0.5) is 8.78 Å². The number of carbonyl (C=O) groups is 1. The summed E-state index contributed by atoms with van der Waals surface area (Å²) in [6.45, 7) is 3.51. The number of halogens is 2. The second-order valence-electron chi connectivity index (χ2n) is 2.98. The van der Waals surface area contributed by atoms with E-state index < -0.39 is 18.3 Å². The Labute approximate surface area is 76.3 Å². The number of rotatable bonds is 6. The zero-order valence-corrected chi connectivity index (χ0v) is 7.83. The van der Waals surface area contributed by atoms with Gasteiger partial charge in [-0.1, -0.05) is 13.8 Å². The molecule has 0 fully saturated rings. The highest BCUT2D eigenvalue weighted by atomic mass is 19.3. The zero-order valence-electron chi connectivity index (χ0n) is 7.83. The summed E-state index contributed by atoms with van der Waals surface area (Å²) in [5, 5.41) is 8.55. The molecule has 0 aliphatic heterocycles. The Kier molecular flexibility index (Phi) is 5.53. The summed E-state index contributed by atoms with van der Waals surface area (Å²) in [7, 11) is 0. The number of carboxylic acids is 1. The maximum absolute atomic E-state index is 11.9. The van der Waals surface area contributed by atoms with Crippen molar-refractivity contribution in [1.82, 2.24) is 4.90 Å². The molecule has 3 nitrogen and oxygen atoms in total. The van der Waals surface area contributed by atoms with Gasteiger partial charge in [0, 0.05) is 6.54 Å². The number of hydrogen-bond donors (Lipinski definition) is 1. The minimum absolute atomic E-state index is 0.177. The van der Waals surface area contributed by atoms with Crippen molar-refractivity contribution in [1.29, 1.82) is 0 Å². The third-order valence-corrected chi connectivity index (χ3v) is 1.80. The second kappa shape index (κ2) is 5.85. The van der Waals surface area contributed by atoms with Crippen LogP contribution < -0.4 is 0 Å². The number of carboxylic acid groups (broad SMARTS) is 1. The monoisotopic (exact) mass is 195 g/mol. The van der Waals surface area contributed by atoms with Crippen LogP contribution in [0.25, 0.3) is 0 Å². The second-order valence-corrected chi connectivity index (χ2v) is 2.98. The molecule has 0 amide bonds. The summed E-state index contributed by atoms with van der Waals surface area (Å²) in [6.07, 6.45) is -2.40. The average molecular weight is 195 g/mol. The van der Waals surface area contributed by atoms with Crippen molar-refractivity contribution in [2.75, 3.05) is 19.6 Å². The topological polar surface area (TPSA) is 40.5 Å². The standard InChI is InChI=1S/C8H15F2NO2/c1-3-11(5-7(9)10)4-6(2)8(12)13/h6-7H,3-5H2,1-2H3,(H,12,13). The fourth-order valence-corrected chi connectivity index (χ4v) is 0.993. The number of hydrogen-bond acceptors (Lipinski definition) is 2. The predicted molar refractivity (Wildman–Crippen MR) is 44.9 cm³/mol. The Morgan fingerprint density at radius 1 is 1.46 bits per heavy atom. The van der Waals surface area contributed by atoms with E-state index in [9.17, 15) is 13.6 Å². The van der Waals surface area contributed by atoms with Gasteiger partial charge in [0.05, 0.1) is 12.5 Å². The van der Waals surface area contributed by atoms with Crippen LogP contribution in [0.5, 0.6) is 0 Å². The summed E-state index contributed by atoms with van der Waals surface area (Å²) >= 11 is 0. The molecule has 0 aliphatic carbocycles. The lowest BCUT2D eigenvalue weighted by molar-refractivity contribution is -0.141. The highest BCUT2D eigenvalue weighted by molar-refractivity contribution is 5.69. The van der Waals surface area contributed by atoms with E-state index in [-0.39, 0.29) is 13.1 Å². The van der Waals surface area contributed by atoms with E-state index in [0.29, 0.717) is 6.54 Å². The zero-order chi connectivity index (χ0) is 10.4. The minimum Gasteiger partial charge on any atom is -0.481 e. The van der Waals surface area contributed by atoms with Crippen LogP contribution in [0.15, 0.2) is 0 Å². The highest BCUT2D eigenvalue weighted by Gasteiger charge is 2.17. The average Bonchev–Trinajstić information content (AvgIpc) is 2.02. The summed E-state index contributed by atoms with van der Waals surface area (Å²) in [5.74, 6) is -1.55. The van der Waals surface area contributed by atoms with Crippen molar-refractivity contribution < 1.29 is 18.7 Å². The van der Waals surface area contributed by atoms with Crippen molar-refractivity contribution in [3.05, 3.63) is 0 Å². The van der Waals surface area contributed by atoms with Crippen LogP contribution in [-0.2, 0) is 4.79 Å². The fourth-order valence-electron chi connectivity index (χ4n) is 0.993. The quantitative estimate of drug-likeness (QED) is 0.694. The third-order valence-electron chi connectivity index (χ3n) is 1.80. The van der Waals surface area contributed by atoms with Crippen molar-refractivity contribution in [3.8, 4) is 0 Å². The van der Waals surface area contributed by atoms with Crippen LogP contribution in [0.3, 0.4) is 0 Å². The van der Waals surface area contributed by atoms with Gasteiger partial charge in [-0.05, 0) is 6.54 Å². The van der Waals surface area contributed by atoms with Gasteiger partial charge in [0.25, 0.3) is 6.43 Å². The molecule has 1 atom stereocenters. The first-order valence-electron chi connectivity index (χ1n) is 4.20. The molecule has 0 spiro atoms. The van der Waals surface area contributed by atoms with E-state index in [1.165, 1.54) is 11.8 Å². The fraction of sp³-hybridized carbons (Fsp3) is 0.875. The maximum Gasteiger partial charge on any atom is 0.307 e. The van der Waals surface area contributed by atoms with E-state index in [4.69, 9.17) is 5.11 Å². The van der Waals surface area contributed by atoms with Gasteiger partial charge in [0.15, 0.2) is 0 Å². The SMILES string of the molecule is CCN(CC(F)F)CC(C)C(=O)O. The molecule has 0 radical (unpaired) electrons. The maximum atomic E-state index is 11.9. The first-order valence-corrected chi connectivity index (χ1v) is 4.20. The molecule has 0 rings (SSSR count). The molecule has 0 aromatic rings. The Balaban J connectivity index is 3.90. The summed E-state index contributed by atoms with van der Waals surface area (Å²) in [5.41, 5.74) is 0. The summed E-state index contributed by atoms with van der Waals surface area (Å²) < 4.78 is 23.9. The molecule has 1 N–H and O–H groups in total. The van der Waals surface area contributed by atoms with Crippen LogP contribution in [0, 0.1) is 5.92 Å². The number of alkyl halides is 2. The Morgan fingerprint density at radius 3 is 2.31 bits per heavy atom. The molecule has 0 heterocycles. The third kappa shape index (κ3) is 5.52. The number of nitrogens with zero attached hydrogens (tertiary/aromatic N) is 1. The smallest absolute Gasteiger partial charge is 0.307 e. The predicted octanol–water partition coefficient (Wildman–Crippen LogP) is 1.29. The van der Waals surface area contributed by atoms with Gasteiger partial charge in [-0.2, -0.15) is 0 Å². The molecule has 0 aromatic carbocycles. The lowest BCUT2D eigenvalue weighted by Gasteiger charge is -2.21. The minimum atomic E-state index is -2.40. The molecule has 0 bridgehead atoms. The van der Waals surface area contributed by atoms with Gasteiger partial charge in [-0.25, -0.2) is 8.78 Å². The molecule has 0 saturated heterocycles. The van der Waals surface area contributed by atoms with E-state index >= 15 is 0 Å². The first-order chi connectivity index (χ1) is 5.97. The Bertz CT molecular complexity index is 164. The van der Waals surface area contributed by atoms with Gasteiger partial charge in [-0.3, -0.25) is 9.69 Å². The van der Waals surface area contributed by atoms with Gasteiger partial charge in [0.2, 0.25) is 0 Å². The van der Waals surface area contributed by atoms with Crippen LogP contribution in [-0.4, -0.2) is 42.0 Å². The Hall–Kier alpha value is -0.710. The molecule has 0 aromatic heterocycles. The summed E-state index contributed by atoms with van der Waals surface area (Å²) in [6, 6.07) is 0. The highest BCUT2D eigenvalue weighted by Crippen LogP contribution is 2.03. The molecule has 78 valence electrons. The lowest BCUT2D eigenvalue weighted by atomic mass is 10.2. The Morgan fingerprint density at radius 2 is 2.00 bits per heavy atom.